The van der Waals surface area contributed by atoms with Crippen LogP contribution < -0.4 is 5.41 Å². The van der Waals surface area contributed by atoms with Gasteiger partial charge < -0.3 is 0 Å². The molecule has 0 aromatic carbocycles. The minimum atomic E-state index is 1.08. The summed E-state index contributed by atoms with van der Waals surface area (Å²) in [5.74, 6) is 2.48. The molecule has 0 amide bonds. The van der Waals surface area contributed by atoms with E-state index in [9.17, 15) is 0 Å². The summed E-state index contributed by atoms with van der Waals surface area (Å²) in [5.41, 5.74) is 0. The Kier molecular flexibility index (Phi) is 5.02. The van der Waals surface area contributed by atoms with Gasteiger partial charge in [0.1, 0.15) is 0 Å². The first-order valence-corrected chi connectivity index (χ1v) is 2.69. The Hall–Kier alpha value is -0.550. The highest BCUT2D eigenvalue weighted by Crippen LogP contribution is 1.90. The molecule has 0 radical (unpaired) electrons. The maximum Gasteiger partial charge on any atom is 0.158 e. The molecule has 0 rings (SSSR count). The van der Waals surface area contributed by atoms with Gasteiger partial charge in [-0.3, -0.25) is 0 Å². The fourth-order valence-electron chi connectivity index (χ4n) is 0.390. The zero-order chi connectivity index (χ0) is 5.54. The van der Waals surface area contributed by atoms with Crippen LogP contribution in [0.25, 0.3) is 0 Å². The Morgan fingerprint density at radius 2 is 2.43 bits per heavy atom. The zero-order valence-electron chi connectivity index (χ0n) is 4.78. The maximum absolute atomic E-state index is 4.96. The Balaban J connectivity index is 2.83. The first-order valence-electron chi connectivity index (χ1n) is 2.69. The zero-order valence-corrected chi connectivity index (χ0v) is 4.78. The third kappa shape index (κ3) is 5.45. The van der Waals surface area contributed by atoms with E-state index in [0.717, 1.165) is 6.42 Å². The number of hydrogen-bond acceptors (Lipinski definition) is 0. The predicted molar refractivity (Wildman–Crippen MR) is 31.0 cm³/mol. The fraction of sp³-hybridized carbons (Fsp3) is 0.667. The summed E-state index contributed by atoms with van der Waals surface area (Å²) in [4.78, 5) is 0. The van der Waals surface area contributed by atoms with Crippen molar-refractivity contribution in [3.8, 4) is 0 Å². The molecule has 0 heterocycles. The number of unbranched alkanes of at least 4 members (excludes halogenated alkanes) is 2. The third-order valence-corrected chi connectivity index (χ3v) is 0.820. The van der Waals surface area contributed by atoms with Crippen LogP contribution in [0, 0.1) is 0 Å². The van der Waals surface area contributed by atoms with Gasteiger partial charge in [-0.05, 0) is 12.8 Å². The average Bonchev–Trinajstić information content (AvgIpc) is 1.69. The molecule has 1 nitrogen and oxygen atoms in total. The van der Waals surface area contributed by atoms with E-state index in [1.165, 1.54) is 12.8 Å². The van der Waals surface area contributed by atoms with E-state index >= 15 is 0 Å². The van der Waals surface area contributed by atoms with Crippen molar-refractivity contribution in [3.63, 3.8) is 0 Å². The van der Waals surface area contributed by atoms with Crippen LogP contribution in [-0.4, -0.2) is 5.87 Å². The van der Waals surface area contributed by atoms with E-state index in [1.807, 2.05) is 6.08 Å². The van der Waals surface area contributed by atoms with E-state index in [1.54, 1.807) is 0 Å². The highest BCUT2D eigenvalue weighted by molar-refractivity contribution is 5.43. The van der Waals surface area contributed by atoms with E-state index < -0.39 is 0 Å². The molecule has 0 aliphatic rings. The molecule has 0 aliphatic carbocycles. The lowest BCUT2D eigenvalue weighted by Gasteiger charge is -1.80. The molecule has 0 spiro atoms. The van der Waals surface area contributed by atoms with E-state index in [4.69, 9.17) is 5.41 Å². The Morgan fingerprint density at radius 3 is 2.86 bits per heavy atom. The summed E-state index contributed by atoms with van der Waals surface area (Å²) in [6, 6.07) is 0. The Bertz CT molecular complexity index is 70.2. The number of hydrogen-bond donors (Lipinski definition) is 1. The van der Waals surface area contributed by atoms with Gasteiger partial charge in [0.05, 0.1) is 0 Å². The van der Waals surface area contributed by atoms with Crippen LogP contribution in [0.2, 0.25) is 0 Å². The first kappa shape index (κ1) is 6.45. The van der Waals surface area contributed by atoms with Crippen molar-refractivity contribution in [2.24, 2.45) is 0 Å². The highest BCUT2D eigenvalue weighted by atomic mass is 14.3. The summed E-state index contributed by atoms with van der Waals surface area (Å²) in [7, 11) is 0. The molecule has 0 bridgehead atoms. The lowest BCUT2D eigenvalue weighted by molar-refractivity contribution is -0.101. The molecule has 1 heteroatoms. The molecule has 0 aromatic heterocycles. The molecule has 0 saturated heterocycles. The van der Waals surface area contributed by atoms with Crippen molar-refractivity contribution >= 4 is 5.87 Å². The molecule has 0 aromatic rings. The fourth-order valence-corrected chi connectivity index (χ4v) is 0.390. The van der Waals surface area contributed by atoms with Crippen molar-refractivity contribution in [3.05, 3.63) is 6.08 Å². The molecular formula is C6H12N+. The summed E-state index contributed by atoms with van der Waals surface area (Å²) in [5, 5.41) is 4.96. The standard InChI is InChI=1S/C6H11N/c1-2-3-4-5-6-7/h5,7H,2-4H2,1H3/p+1. The van der Waals surface area contributed by atoms with E-state index in [-0.39, 0.29) is 0 Å². The van der Waals surface area contributed by atoms with Gasteiger partial charge in [0.25, 0.3) is 0 Å². The Labute approximate surface area is 44.6 Å². The lowest BCUT2D eigenvalue weighted by atomic mass is 10.2. The minimum absolute atomic E-state index is 1.08. The summed E-state index contributed by atoms with van der Waals surface area (Å²) in [6.07, 6.45) is 5.40. The average molecular weight is 98.2 g/mol. The predicted octanol–water partition coefficient (Wildman–Crippen LogP) is 0.162. The van der Waals surface area contributed by atoms with Crippen LogP contribution in [0.5, 0.6) is 0 Å². The van der Waals surface area contributed by atoms with Crippen LogP contribution in [0.3, 0.4) is 0 Å². The molecule has 7 heavy (non-hydrogen) atoms. The van der Waals surface area contributed by atoms with Crippen molar-refractivity contribution in [1.82, 2.24) is 0 Å². The van der Waals surface area contributed by atoms with E-state index in [2.05, 4.69) is 12.8 Å². The molecule has 0 unspecified atom stereocenters. The quantitative estimate of drug-likeness (QED) is 0.384. The van der Waals surface area contributed by atoms with Gasteiger partial charge in [0.2, 0.25) is 0 Å². The van der Waals surface area contributed by atoms with Gasteiger partial charge in [0.15, 0.2) is 5.87 Å². The molecule has 0 atom stereocenters. The van der Waals surface area contributed by atoms with Gasteiger partial charge in [-0.15, -0.1) is 0 Å². The van der Waals surface area contributed by atoms with Gasteiger partial charge in [0, 0.05) is 6.08 Å². The number of nitrogens with two attached hydrogens (primary N) is 1. The monoisotopic (exact) mass is 98.1 g/mol. The van der Waals surface area contributed by atoms with Gasteiger partial charge in [-0.1, -0.05) is 13.3 Å². The van der Waals surface area contributed by atoms with Crippen LogP contribution in [-0.2, 0) is 0 Å². The van der Waals surface area contributed by atoms with Crippen LogP contribution >= 0.6 is 0 Å². The van der Waals surface area contributed by atoms with Crippen molar-refractivity contribution in [2.75, 3.05) is 0 Å². The lowest BCUT2D eigenvalue weighted by Crippen LogP contribution is -2.24. The molecule has 0 aliphatic heterocycles. The SMILES string of the molecule is CCCCC=C=[NH2+]. The number of allylic oxidation sites excluding steroid dienone is 1. The normalized spacial score (nSPS) is 7.57. The second-order valence-electron chi connectivity index (χ2n) is 1.51. The van der Waals surface area contributed by atoms with Crippen LogP contribution in [0.15, 0.2) is 6.08 Å². The van der Waals surface area contributed by atoms with Crippen molar-refractivity contribution < 1.29 is 5.41 Å². The Morgan fingerprint density at radius 1 is 1.71 bits per heavy atom. The molecule has 40 valence electrons. The van der Waals surface area contributed by atoms with Crippen molar-refractivity contribution in [1.29, 1.82) is 0 Å². The first-order chi connectivity index (χ1) is 3.41. The largest absolute Gasteiger partial charge is 0.215 e. The minimum Gasteiger partial charge on any atom is -0.215 e. The molecule has 0 saturated carbocycles. The smallest absolute Gasteiger partial charge is 0.158 e. The van der Waals surface area contributed by atoms with Crippen LogP contribution in [0.4, 0.5) is 0 Å². The van der Waals surface area contributed by atoms with Gasteiger partial charge in [-0.2, -0.15) is 0 Å². The van der Waals surface area contributed by atoms with Gasteiger partial charge >= 0.3 is 0 Å². The number of rotatable bonds is 3. The summed E-state index contributed by atoms with van der Waals surface area (Å²) in [6.45, 7) is 2.16. The summed E-state index contributed by atoms with van der Waals surface area (Å²) < 4.78 is 0. The maximum atomic E-state index is 4.96. The molecule has 2 N–H and O–H groups in total. The molecule has 0 fully saturated rings. The second-order valence-corrected chi connectivity index (χ2v) is 1.51. The summed E-state index contributed by atoms with van der Waals surface area (Å²) >= 11 is 0. The van der Waals surface area contributed by atoms with Crippen molar-refractivity contribution in [2.45, 2.75) is 26.2 Å². The molecular weight excluding hydrogens is 86.1 g/mol. The topological polar surface area (TPSA) is 25.6 Å². The van der Waals surface area contributed by atoms with Gasteiger partial charge in [-0.25, -0.2) is 5.41 Å². The second kappa shape index (κ2) is 5.45. The van der Waals surface area contributed by atoms with Crippen LogP contribution in [0.1, 0.15) is 26.2 Å². The van der Waals surface area contributed by atoms with E-state index in [0.29, 0.717) is 0 Å². The third-order valence-electron chi connectivity index (χ3n) is 0.820. The highest BCUT2D eigenvalue weighted by Gasteiger charge is 1.74.